The number of carboxylic acid groups (broad SMARTS) is 1. The quantitative estimate of drug-likeness (QED) is 0.913. The minimum Gasteiger partial charge on any atom is -0.481 e. The van der Waals surface area contributed by atoms with E-state index in [0.717, 1.165) is 10.6 Å². The monoisotopic (exact) mass is 282 g/mol. The van der Waals surface area contributed by atoms with Gasteiger partial charge in [-0.15, -0.1) is 11.3 Å². The van der Waals surface area contributed by atoms with E-state index in [0.29, 0.717) is 6.54 Å². The fourth-order valence-corrected chi connectivity index (χ4v) is 3.40. The highest BCUT2D eigenvalue weighted by molar-refractivity contribution is 7.09. The number of rotatable bonds is 4. The van der Waals surface area contributed by atoms with E-state index < -0.39 is 23.2 Å². The lowest BCUT2D eigenvalue weighted by Gasteiger charge is -2.17. The van der Waals surface area contributed by atoms with Gasteiger partial charge in [0.2, 0.25) is 5.91 Å². The number of aliphatic carboxylic acids is 1. The molecule has 5 nitrogen and oxygen atoms in total. The third kappa shape index (κ3) is 2.36. The van der Waals surface area contributed by atoms with Crippen LogP contribution in [0.2, 0.25) is 0 Å². The van der Waals surface area contributed by atoms with Gasteiger partial charge in [0.05, 0.1) is 29.6 Å². The summed E-state index contributed by atoms with van der Waals surface area (Å²) in [6.45, 7) is 6.07. The second-order valence-electron chi connectivity index (χ2n) is 5.67. The van der Waals surface area contributed by atoms with Gasteiger partial charge >= 0.3 is 5.97 Å². The number of carbonyl (C=O) groups is 2. The Morgan fingerprint density at radius 1 is 1.47 bits per heavy atom. The van der Waals surface area contributed by atoms with Gasteiger partial charge in [-0.05, 0) is 12.3 Å². The van der Waals surface area contributed by atoms with E-state index in [1.165, 1.54) is 11.3 Å². The molecule has 2 rings (SSSR count). The zero-order valence-electron chi connectivity index (χ0n) is 11.5. The Balaban J connectivity index is 2.05. The molecule has 1 aromatic heterocycles. The largest absolute Gasteiger partial charge is 0.481 e. The Hall–Kier alpha value is -1.43. The summed E-state index contributed by atoms with van der Waals surface area (Å²) >= 11 is 1.51. The number of aromatic nitrogens is 1. The molecule has 1 fully saturated rings. The zero-order chi connectivity index (χ0) is 14.4. The fraction of sp³-hybridized carbons (Fsp3) is 0.615. The van der Waals surface area contributed by atoms with Crippen molar-refractivity contribution >= 4 is 23.2 Å². The molecular weight excluding hydrogens is 264 g/mol. The van der Waals surface area contributed by atoms with Crippen LogP contribution in [0.4, 0.5) is 0 Å². The predicted molar refractivity (Wildman–Crippen MR) is 71.7 cm³/mol. The molecule has 1 saturated carbocycles. The Labute approximate surface area is 116 Å². The summed E-state index contributed by atoms with van der Waals surface area (Å²) < 4.78 is 0. The molecular formula is C13H18N2O3S. The highest BCUT2D eigenvalue weighted by atomic mass is 32.1. The standard InChI is InChI=1S/C13H18N2O3S/c1-7-8(19-6-14-7)5-15(4)11(16)9-10(12(17)18)13(9,2)3/h6,9-10H,5H2,1-4H3,(H,17,18)/t9-,10+/m1/s1. The first kappa shape index (κ1) is 14.0. The molecule has 0 saturated heterocycles. The van der Waals surface area contributed by atoms with Crippen molar-refractivity contribution in [1.29, 1.82) is 0 Å². The molecule has 104 valence electrons. The maximum absolute atomic E-state index is 12.3. The van der Waals surface area contributed by atoms with Crippen LogP contribution < -0.4 is 0 Å². The van der Waals surface area contributed by atoms with Crippen molar-refractivity contribution in [2.45, 2.75) is 27.3 Å². The van der Waals surface area contributed by atoms with Crippen molar-refractivity contribution in [3.63, 3.8) is 0 Å². The lowest BCUT2D eigenvalue weighted by molar-refractivity contribution is -0.141. The van der Waals surface area contributed by atoms with E-state index in [1.54, 1.807) is 17.5 Å². The molecule has 0 unspecified atom stereocenters. The van der Waals surface area contributed by atoms with Crippen molar-refractivity contribution in [3.8, 4) is 0 Å². The Morgan fingerprint density at radius 3 is 2.53 bits per heavy atom. The fourth-order valence-electron chi connectivity index (χ4n) is 2.57. The van der Waals surface area contributed by atoms with Crippen molar-refractivity contribution in [3.05, 3.63) is 16.1 Å². The van der Waals surface area contributed by atoms with Crippen LogP contribution in [-0.2, 0) is 16.1 Å². The smallest absolute Gasteiger partial charge is 0.307 e. The van der Waals surface area contributed by atoms with E-state index in [2.05, 4.69) is 4.98 Å². The minimum absolute atomic E-state index is 0.0924. The minimum atomic E-state index is -0.884. The number of carboxylic acids is 1. The molecule has 2 atom stereocenters. The third-order valence-electron chi connectivity index (χ3n) is 3.96. The normalized spacial score (nSPS) is 24.0. The van der Waals surface area contributed by atoms with Crippen molar-refractivity contribution < 1.29 is 14.7 Å². The topological polar surface area (TPSA) is 70.5 Å². The highest BCUT2D eigenvalue weighted by Crippen LogP contribution is 2.59. The summed E-state index contributed by atoms with van der Waals surface area (Å²) in [4.78, 5) is 30.2. The molecule has 1 aromatic rings. The van der Waals surface area contributed by atoms with Gasteiger partial charge in [-0.3, -0.25) is 9.59 Å². The molecule has 6 heteroatoms. The van der Waals surface area contributed by atoms with E-state index in [9.17, 15) is 9.59 Å². The first-order valence-electron chi connectivity index (χ1n) is 6.13. The summed E-state index contributed by atoms with van der Waals surface area (Å²) in [7, 11) is 1.72. The SMILES string of the molecule is Cc1ncsc1CN(C)C(=O)[C@H]1[C@@H](C(=O)O)C1(C)C. The summed E-state index contributed by atoms with van der Waals surface area (Å²) in [5.74, 6) is -1.95. The van der Waals surface area contributed by atoms with Crippen LogP contribution in [0, 0.1) is 24.2 Å². The number of aryl methyl sites for hydroxylation is 1. The lowest BCUT2D eigenvalue weighted by Crippen LogP contribution is -2.29. The molecule has 1 aliphatic carbocycles. The maximum Gasteiger partial charge on any atom is 0.307 e. The molecule has 1 heterocycles. The highest BCUT2D eigenvalue weighted by Gasteiger charge is 2.66. The maximum atomic E-state index is 12.3. The van der Waals surface area contributed by atoms with Crippen LogP contribution in [-0.4, -0.2) is 33.9 Å². The summed E-state index contributed by atoms with van der Waals surface area (Å²) in [6.07, 6.45) is 0. The molecule has 0 aromatic carbocycles. The number of hydrogen-bond acceptors (Lipinski definition) is 4. The van der Waals surface area contributed by atoms with Gasteiger partial charge in [-0.25, -0.2) is 4.98 Å². The molecule has 0 bridgehead atoms. The molecule has 0 aliphatic heterocycles. The van der Waals surface area contributed by atoms with E-state index >= 15 is 0 Å². The van der Waals surface area contributed by atoms with Crippen LogP contribution in [0.15, 0.2) is 5.51 Å². The molecule has 1 aliphatic rings. The van der Waals surface area contributed by atoms with E-state index in [4.69, 9.17) is 5.11 Å². The van der Waals surface area contributed by atoms with Crippen LogP contribution in [0.5, 0.6) is 0 Å². The van der Waals surface area contributed by atoms with Crippen LogP contribution in [0.25, 0.3) is 0 Å². The van der Waals surface area contributed by atoms with Gasteiger partial charge in [-0.2, -0.15) is 0 Å². The third-order valence-corrected chi connectivity index (χ3v) is 4.88. The number of amides is 1. The van der Waals surface area contributed by atoms with Crippen molar-refractivity contribution in [2.24, 2.45) is 17.3 Å². The number of nitrogens with zero attached hydrogens (tertiary/aromatic N) is 2. The van der Waals surface area contributed by atoms with Crippen LogP contribution in [0.3, 0.4) is 0 Å². The average molecular weight is 282 g/mol. The Bertz CT molecular complexity index is 524. The Morgan fingerprint density at radius 2 is 2.11 bits per heavy atom. The lowest BCUT2D eigenvalue weighted by atomic mass is 10.1. The van der Waals surface area contributed by atoms with Crippen molar-refractivity contribution in [1.82, 2.24) is 9.88 Å². The predicted octanol–water partition coefficient (Wildman–Crippen LogP) is 1.77. The van der Waals surface area contributed by atoms with Crippen molar-refractivity contribution in [2.75, 3.05) is 7.05 Å². The number of thiazole rings is 1. The first-order valence-corrected chi connectivity index (χ1v) is 7.01. The van der Waals surface area contributed by atoms with Gasteiger partial charge in [0, 0.05) is 11.9 Å². The molecule has 19 heavy (non-hydrogen) atoms. The molecule has 1 amide bonds. The van der Waals surface area contributed by atoms with Crippen LogP contribution >= 0.6 is 11.3 Å². The molecule has 0 radical (unpaired) electrons. The Kier molecular flexibility index (Phi) is 3.38. The summed E-state index contributed by atoms with van der Waals surface area (Å²) in [5.41, 5.74) is 2.23. The van der Waals surface area contributed by atoms with Gasteiger partial charge in [-0.1, -0.05) is 13.8 Å². The van der Waals surface area contributed by atoms with Gasteiger partial charge in [0.15, 0.2) is 0 Å². The second-order valence-corrected chi connectivity index (χ2v) is 6.61. The van der Waals surface area contributed by atoms with E-state index in [1.807, 2.05) is 20.8 Å². The summed E-state index contributed by atoms with van der Waals surface area (Å²) in [5, 5.41) is 9.11. The number of hydrogen-bond donors (Lipinski definition) is 1. The summed E-state index contributed by atoms with van der Waals surface area (Å²) in [6, 6.07) is 0. The van der Waals surface area contributed by atoms with E-state index in [-0.39, 0.29) is 5.91 Å². The van der Waals surface area contributed by atoms with Crippen LogP contribution in [0.1, 0.15) is 24.4 Å². The average Bonchev–Trinajstić information content (AvgIpc) is 2.66. The zero-order valence-corrected chi connectivity index (χ0v) is 12.3. The first-order chi connectivity index (χ1) is 8.76. The van der Waals surface area contributed by atoms with Gasteiger partial charge in [0.25, 0.3) is 0 Å². The van der Waals surface area contributed by atoms with Gasteiger partial charge in [0.1, 0.15) is 0 Å². The van der Waals surface area contributed by atoms with Gasteiger partial charge < -0.3 is 10.0 Å². The number of carbonyl (C=O) groups excluding carboxylic acids is 1. The molecule has 0 spiro atoms. The second kappa shape index (κ2) is 4.59. The molecule has 1 N–H and O–H groups in total.